The molecule has 0 saturated carbocycles. The van der Waals surface area contributed by atoms with Crippen molar-refractivity contribution in [2.24, 2.45) is 0 Å². The fourth-order valence-electron chi connectivity index (χ4n) is 6.64. The van der Waals surface area contributed by atoms with Gasteiger partial charge in [-0.25, -0.2) is 4.79 Å². The van der Waals surface area contributed by atoms with Gasteiger partial charge in [0.15, 0.2) is 0 Å². The molecule has 3 N–H and O–H groups in total. The number of nitrogens with one attached hydrogen (secondary N) is 1. The Morgan fingerprint density at radius 3 is 2.31 bits per heavy atom. The molecule has 0 amide bonds. The number of phenolic OH excluding ortho intramolecular Hbond substituents is 1. The number of nitrogens with zero attached hydrogens (tertiary/aromatic N) is 1. The van der Waals surface area contributed by atoms with Gasteiger partial charge in [0.05, 0.1) is 27.4 Å². The van der Waals surface area contributed by atoms with Gasteiger partial charge in [0, 0.05) is 46.6 Å². The van der Waals surface area contributed by atoms with Gasteiger partial charge in [0.2, 0.25) is 5.43 Å². The number of fused-ring (bicyclic) bond motifs is 3. The van der Waals surface area contributed by atoms with Crippen molar-refractivity contribution in [2.75, 3.05) is 5.32 Å². The number of aromatic nitrogens is 1. The molecule has 1 aliphatic heterocycles. The predicted molar refractivity (Wildman–Crippen MR) is 202 cm³/mol. The number of aromatic hydroxyl groups is 1. The Hall–Kier alpha value is -6.44. The summed E-state index contributed by atoms with van der Waals surface area (Å²) in [5, 5.41) is 26.5. The molecule has 1 aliphatic carbocycles. The van der Waals surface area contributed by atoms with Crippen molar-refractivity contribution in [3.63, 3.8) is 0 Å². The minimum atomic E-state index is -1.11. The van der Waals surface area contributed by atoms with E-state index in [0.29, 0.717) is 39.6 Å². The molecule has 0 atom stereocenters. The summed E-state index contributed by atoms with van der Waals surface area (Å²) in [6.45, 7) is 0.119. The molecule has 2 aliphatic rings. The van der Waals surface area contributed by atoms with Crippen LogP contribution in [0.3, 0.4) is 0 Å². The number of carboxylic acids is 1. The van der Waals surface area contributed by atoms with E-state index < -0.39 is 11.4 Å². The van der Waals surface area contributed by atoms with Crippen molar-refractivity contribution in [3.8, 4) is 39.3 Å². The van der Waals surface area contributed by atoms with Crippen LogP contribution in [0.1, 0.15) is 27.2 Å². The summed E-state index contributed by atoms with van der Waals surface area (Å²) in [4.78, 5) is 30.2. The zero-order valence-electron chi connectivity index (χ0n) is 27.1. The van der Waals surface area contributed by atoms with E-state index in [4.69, 9.17) is 21.0 Å². The first-order valence-corrected chi connectivity index (χ1v) is 16.7. The van der Waals surface area contributed by atoms with Crippen molar-refractivity contribution >= 4 is 45.1 Å². The highest BCUT2D eigenvalue weighted by molar-refractivity contribution is 6.31. The number of carbonyl (C=O) groups is 1. The molecule has 0 unspecified atom stereocenters. The first kappa shape index (κ1) is 31.8. The molecule has 5 aromatic carbocycles. The Bertz CT molecular complexity index is 2640. The van der Waals surface area contributed by atoms with Crippen molar-refractivity contribution in [2.45, 2.75) is 13.0 Å². The van der Waals surface area contributed by atoms with Gasteiger partial charge in [-0.2, -0.15) is 0 Å². The third-order valence-electron chi connectivity index (χ3n) is 9.09. The molecule has 0 spiro atoms. The first-order valence-electron chi connectivity index (χ1n) is 16.3. The molecule has 0 fully saturated rings. The molecular formula is C43H29ClN2O5. The molecule has 2 heterocycles. The van der Waals surface area contributed by atoms with Gasteiger partial charge in [-0.15, -0.1) is 0 Å². The van der Waals surface area contributed by atoms with Gasteiger partial charge in [-0.05, 0) is 64.7 Å². The lowest BCUT2D eigenvalue weighted by Crippen LogP contribution is -2.06. The number of aromatic carboxylic acids is 1. The highest BCUT2D eigenvalue weighted by atomic mass is 35.5. The van der Waals surface area contributed by atoms with Gasteiger partial charge in [-0.3, -0.25) is 9.78 Å². The zero-order chi connectivity index (χ0) is 35.1. The van der Waals surface area contributed by atoms with Crippen molar-refractivity contribution in [3.05, 3.63) is 171 Å². The van der Waals surface area contributed by atoms with E-state index in [1.165, 1.54) is 18.2 Å². The van der Waals surface area contributed by atoms with Gasteiger partial charge in [0.1, 0.15) is 17.1 Å². The zero-order valence-corrected chi connectivity index (χ0v) is 27.8. The summed E-state index contributed by atoms with van der Waals surface area (Å²) >= 11 is 6.31. The number of carboxylic acid groups (broad SMARTS) is 1. The van der Waals surface area contributed by atoms with Crippen LogP contribution in [0.15, 0.2) is 143 Å². The van der Waals surface area contributed by atoms with Crippen LogP contribution in [0.4, 0.5) is 5.69 Å². The average molecular weight is 689 g/mol. The monoisotopic (exact) mass is 688 g/mol. The molecular weight excluding hydrogens is 660 g/mol. The number of benzene rings is 6. The second kappa shape index (κ2) is 13.1. The second-order valence-electron chi connectivity index (χ2n) is 12.3. The number of anilines is 1. The van der Waals surface area contributed by atoms with Crippen LogP contribution >= 0.6 is 11.6 Å². The average Bonchev–Trinajstić information content (AvgIpc) is 3.15. The van der Waals surface area contributed by atoms with Gasteiger partial charge in [0.25, 0.3) is 0 Å². The number of halogens is 1. The number of hydrogen-bond donors (Lipinski definition) is 3. The first-order chi connectivity index (χ1) is 24.8. The van der Waals surface area contributed by atoms with Crippen LogP contribution in [0.2, 0.25) is 5.02 Å². The lowest BCUT2D eigenvalue weighted by molar-refractivity contribution is 0.0697. The van der Waals surface area contributed by atoms with Crippen LogP contribution in [0.5, 0.6) is 5.75 Å². The van der Waals surface area contributed by atoms with E-state index in [-0.39, 0.29) is 28.6 Å². The summed E-state index contributed by atoms with van der Waals surface area (Å²) in [6.07, 6.45) is 0.666. The Balaban J connectivity index is 1.30. The van der Waals surface area contributed by atoms with Crippen LogP contribution in [0, 0.1) is 0 Å². The maximum atomic E-state index is 12.7. The van der Waals surface area contributed by atoms with Gasteiger partial charge >= 0.3 is 5.97 Å². The van der Waals surface area contributed by atoms with Gasteiger partial charge in [-0.1, -0.05) is 96.5 Å². The lowest BCUT2D eigenvalue weighted by atomic mass is 9.90. The molecule has 1 aromatic heterocycles. The smallest absolute Gasteiger partial charge is 0.336 e. The number of hydrogen-bond acceptors (Lipinski definition) is 6. The van der Waals surface area contributed by atoms with Crippen molar-refractivity contribution in [1.82, 2.24) is 4.98 Å². The molecule has 6 aromatic rings. The van der Waals surface area contributed by atoms with E-state index in [2.05, 4.69) is 41.7 Å². The van der Waals surface area contributed by atoms with Crippen LogP contribution in [-0.2, 0) is 13.0 Å². The molecule has 0 radical (unpaired) electrons. The standard InChI is InChI=1S/C43H29ClN2O5/c44-35-22-33-39(23-38(35)48)51-42-32(40(33)30-13-7-8-14-31(30)43(49)50)17-18-37(47)34(42)24-45-36-21-28(26-11-5-2-6-12-26)20-27-15-16-29(46-41(27)36)19-25-9-3-1-4-10-25/h1-18,20-23,45,47H,19,24H2,(H,49,50). The number of pyridine rings is 1. The van der Waals surface area contributed by atoms with Crippen LogP contribution < -0.4 is 10.7 Å². The SMILES string of the molecule is O=C(O)c1ccccc1-c1c2cc(Cl)c(=O)cc-2oc2c(CNc3cc(-c4ccccc4)cc4ccc(Cc5ccccc5)nc34)c(O)ccc12. The van der Waals surface area contributed by atoms with Crippen molar-refractivity contribution < 1.29 is 19.4 Å². The second-order valence-corrected chi connectivity index (χ2v) is 12.7. The van der Waals surface area contributed by atoms with E-state index in [1.807, 2.05) is 48.5 Å². The third-order valence-corrected chi connectivity index (χ3v) is 9.38. The quantitative estimate of drug-likeness (QED) is 0.136. The summed E-state index contributed by atoms with van der Waals surface area (Å²) in [5.41, 5.74) is 7.39. The van der Waals surface area contributed by atoms with Crippen molar-refractivity contribution in [1.29, 1.82) is 0 Å². The Kier molecular flexibility index (Phi) is 8.18. The molecule has 51 heavy (non-hydrogen) atoms. The maximum absolute atomic E-state index is 12.7. The van der Waals surface area contributed by atoms with Gasteiger partial charge < -0.3 is 19.9 Å². The molecule has 0 bridgehead atoms. The van der Waals surface area contributed by atoms with E-state index in [0.717, 1.165) is 39.0 Å². The van der Waals surface area contributed by atoms with E-state index >= 15 is 0 Å². The van der Waals surface area contributed by atoms with E-state index in [1.54, 1.807) is 30.3 Å². The number of phenols is 1. The largest absolute Gasteiger partial charge is 0.507 e. The summed E-state index contributed by atoms with van der Waals surface area (Å²) in [6, 6.07) is 41.2. The molecule has 0 saturated heterocycles. The lowest BCUT2D eigenvalue weighted by Gasteiger charge is -2.19. The summed E-state index contributed by atoms with van der Waals surface area (Å²) in [7, 11) is 0. The molecule has 8 heteroatoms. The Labute approximate surface area is 297 Å². The fourth-order valence-corrected chi connectivity index (χ4v) is 6.81. The minimum absolute atomic E-state index is 0.0175. The maximum Gasteiger partial charge on any atom is 0.336 e. The molecule has 8 rings (SSSR count). The Morgan fingerprint density at radius 1 is 0.784 bits per heavy atom. The van der Waals surface area contributed by atoms with Crippen LogP contribution in [-0.4, -0.2) is 21.2 Å². The highest BCUT2D eigenvalue weighted by Gasteiger charge is 2.25. The molecule has 248 valence electrons. The summed E-state index contributed by atoms with van der Waals surface area (Å²) in [5.74, 6) is -0.931. The normalized spacial score (nSPS) is 11.3. The Morgan fingerprint density at radius 2 is 1.53 bits per heavy atom. The topological polar surface area (TPSA) is 113 Å². The summed E-state index contributed by atoms with van der Waals surface area (Å²) < 4.78 is 6.39. The van der Waals surface area contributed by atoms with Crippen LogP contribution in [0.25, 0.3) is 55.4 Å². The highest BCUT2D eigenvalue weighted by Crippen LogP contribution is 2.44. The third kappa shape index (κ3) is 6.05. The number of rotatable bonds is 8. The minimum Gasteiger partial charge on any atom is -0.507 e. The predicted octanol–water partition coefficient (Wildman–Crippen LogP) is 10.0. The fraction of sp³-hybridized carbons (Fsp3) is 0.0465. The van der Waals surface area contributed by atoms with E-state index in [9.17, 15) is 19.8 Å². The molecule has 7 nitrogen and oxygen atoms in total.